The highest BCUT2D eigenvalue weighted by Crippen LogP contribution is 2.22. The Bertz CT molecular complexity index is 1100. The Kier molecular flexibility index (Phi) is 11.0. The Morgan fingerprint density at radius 3 is 2.14 bits per heavy atom. The molecular formula is C28H41N3O4S. The average molecular weight is 516 g/mol. The minimum atomic E-state index is -3.52. The first-order valence-corrected chi connectivity index (χ1v) is 14.5. The standard InChI is InChI=1S/C28H41N3O4S/c1-7-23(4)29-28(33)24(5)30(17-15-25-12-9-8-10-13-25)27(32)14-11-16-31(36(6,34)35)26-19-21(2)18-22(3)20-26/h8-10,12-13,18-20,23-24H,7,11,14-17H2,1-6H3,(H,29,33). The number of nitrogens with one attached hydrogen (secondary N) is 1. The molecule has 2 rings (SSSR count). The van der Waals surface area contributed by atoms with Gasteiger partial charge in [0.05, 0.1) is 11.9 Å². The highest BCUT2D eigenvalue weighted by molar-refractivity contribution is 7.92. The predicted molar refractivity (Wildman–Crippen MR) is 147 cm³/mol. The SMILES string of the molecule is CCC(C)NC(=O)C(C)N(CCc1ccccc1)C(=O)CCCN(c1cc(C)cc(C)c1)S(C)(=O)=O. The normalized spacial score (nSPS) is 13.1. The van der Waals surface area contributed by atoms with Crippen LogP contribution in [0.25, 0.3) is 0 Å². The lowest BCUT2D eigenvalue weighted by atomic mass is 10.1. The Morgan fingerprint density at radius 1 is 0.972 bits per heavy atom. The number of sulfonamides is 1. The molecule has 8 heteroatoms. The molecule has 2 aromatic carbocycles. The summed E-state index contributed by atoms with van der Waals surface area (Å²) in [7, 11) is -3.52. The number of anilines is 1. The van der Waals surface area contributed by atoms with E-state index in [-0.39, 0.29) is 30.8 Å². The van der Waals surface area contributed by atoms with Crippen LogP contribution in [0.4, 0.5) is 5.69 Å². The number of nitrogens with zero attached hydrogens (tertiary/aromatic N) is 2. The Labute approximate surface area is 216 Å². The Hall–Kier alpha value is -2.87. The van der Waals surface area contributed by atoms with Crippen LogP contribution >= 0.6 is 0 Å². The third-order valence-corrected chi connectivity index (χ3v) is 7.49. The van der Waals surface area contributed by atoms with Gasteiger partial charge in [0.15, 0.2) is 0 Å². The molecule has 0 heterocycles. The van der Waals surface area contributed by atoms with Gasteiger partial charge in [-0.05, 0) is 75.8 Å². The summed E-state index contributed by atoms with van der Waals surface area (Å²) in [6.45, 7) is 10.1. The van der Waals surface area contributed by atoms with E-state index < -0.39 is 16.1 Å². The molecule has 2 aromatic rings. The summed E-state index contributed by atoms with van der Waals surface area (Å²) in [5.41, 5.74) is 3.64. The molecule has 0 aliphatic heterocycles. The monoisotopic (exact) mass is 515 g/mol. The Morgan fingerprint density at radius 2 is 1.58 bits per heavy atom. The van der Waals surface area contributed by atoms with E-state index in [4.69, 9.17) is 0 Å². The molecule has 0 aromatic heterocycles. The third kappa shape index (κ3) is 8.97. The van der Waals surface area contributed by atoms with Gasteiger partial charge in [0.1, 0.15) is 6.04 Å². The fourth-order valence-electron chi connectivity index (χ4n) is 4.13. The number of benzene rings is 2. The summed E-state index contributed by atoms with van der Waals surface area (Å²) < 4.78 is 26.4. The molecule has 2 unspecified atom stereocenters. The van der Waals surface area contributed by atoms with Gasteiger partial charge in [0.2, 0.25) is 21.8 Å². The summed E-state index contributed by atoms with van der Waals surface area (Å²) in [6, 6.07) is 14.9. The van der Waals surface area contributed by atoms with Crippen LogP contribution in [0, 0.1) is 13.8 Å². The number of amides is 2. The molecule has 0 spiro atoms. The third-order valence-electron chi connectivity index (χ3n) is 6.30. The number of rotatable bonds is 13. The number of hydrogen-bond donors (Lipinski definition) is 1. The second-order valence-corrected chi connectivity index (χ2v) is 11.5. The van der Waals surface area contributed by atoms with E-state index in [9.17, 15) is 18.0 Å². The molecule has 2 atom stereocenters. The molecular weight excluding hydrogens is 474 g/mol. The highest BCUT2D eigenvalue weighted by atomic mass is 32.2. The molecule has 0 fully saturated rings. The lowest BCUT2D eigenvalue weighted by Gasteiger charge is -2.30. The van der Waals surface area contributed by atoms with Crippen LogP contribution in [0.15, 0.2) is 48.5 Å². The van der Waals surface area contributed by atoms with Crippen LogP contribution in [0.2, 0.25) is 0 Å². The molecule has 0 saturated heterocycles. The minimum Gasteiger partial charge on any atom is -0.352 e. The molecule has 2 amide bonds. The van der Waals surface area contributed by atoms with Crippen molar-refractivity contribution in [3.05, 3.63) is 65.2 Å². The maximum absolute atomic E-state index is 13.3. The zero-order valence-corrected chi connectivity index (χ0v) is 23.3. The summed E-state index contributed by atoms with van der Waals surface area (Å²) in [6.07, 6.45) is 3.11. The molecule has 1 N–H and O–H groups in total. The predicted octanol–water partition coefficient (Wildman–Crippen LogP) is 4.22. The molecule has 0 radical (unpaired) electrons. The summed E-state index contributed by atoms with van der Waals surface area (Å²) in [5.74, 6) is -0.342. The van der Waals surface area contributed by atoms with Crippen LogP contribution in [-0.2, 0) is 26.0 Å². The summed E-state index contributed by atoms with van der Waals surface area (Å²) >= 11 is 0. The molecule has 36 heavy (non-hydrogen) atoms. The van der Waals surface area contributed by atoms with Gasteiger partial charge in [-0.25, -0.2) is 8.42 Å². The highest BCUT2D eigenvalue weighted by Gasteiger charge is 2.27. The Balaban J connectivity index is 2.14. The number of hydrogen-bond acceptors (Lipinski definition) is 4. The fourth-order valence-corrected chi connectivity index (χ4v) is 5.08. The smallest absolute Gasteiger partial charge is 0.242 e. The van der Waals surface area contributed by atoms with Gasteiger partial charge in [0, 0.05) is 25.6 Å². The number of carbonyl (C=O) groups excluding carboxylic acids is 2. The van der Waals surface area contributed by atoms with Crippen molar-refractivity contribution < 1.29 is 18.0 Å². The topological polar surface area (TPSA) is 86.8 Å². The van der Waals surface area contributed by atoms with E-state index in [1.807, 2.05) is 76.2 Å². The van der Waals surface area contributed by atoms with Crippen LogP contribution < -0.4 is 9.62 Å². The molecule has 198 valence electrons. The van der Waals surface area contributed by atoms with Crippen molar-refractivity contribution in [1.82, 2.24) is 10.2 Å². The quantitative estimate of drug-likeness (QED) is 0.433. The van der Waals surface area contributed by atoms with E-state index in [1.165, 1.54) is 10.6 Å². The van der Waals surface area contributed by atoms with Crippen molar-refractivity contribution in [1.29, 1.82) is 0 Å². The van der Waals surface area contributed by atoms with Crippen molar-refractivity contribution in [3.63, 3.8) is 0 Å². The van der Waals surface area contributed by atoms with Crippen molar-refractivity contribution in [2.45, 2.75) is 72.4 Å². The molecule has 7 nitrogen and oxygen atoms in total. The van der Waals surface area contributed by atoms with Gasteiger partial charge in [-0.15, -0.1) is 0 Å². The summed E-state index contributed by atoms with van der Waals surface area (Å²) in [5, 5.41) is 2.97. The van der Waals surface area contributed by atoms with Gasteiger partial charge < -0.3 is 10.2 Å². The van der Waals surface area contributed by atoms with Gasteiger partial charge in [-0.3, -0.25) is 13.9 Å². The maximum atomic E-state index is 13.3. The largest absolute Gasteiger partial charge is 0.352 e. The first kappa shape index (κ1) is 29.4. The van der Waals surface area contributed by atoms with Crippen molar-refractivity contribution in [2.75, 3.05) is 23.7 Å². The van der Waals surface area contributed by atoms with Crippen LogP contribution in [0.1, 0.15) is 56.7 Å². The minimum absolute atomic E-state index is 0.0205. The van der Waals surface area contributed by atoms with Crippen molar-refractivity contribution in [2.24, 2.45) is 0 Å². The van der Waals surface area contributed by atoms with Crippen molar-refractivity contribution >= 4 is 27.5 Å². The average Bonchev–Trinajstić information content (AvgIpc) is 2.80. The van der Waals surface area contributed by atoms with E-state index >= 15 is 0 Å². The number of carbonyl (C=O) groups is 2. The molecule has 0 bridgehead atoms. The number of aryl methyl sites for hydroxylation is 2. The van der Waals surface area contributed by atoms with Gasteiger partial charge in [-0.1, -0.05) is 43.3 Å². The molecule has 0 aliphatic carbocycles. The van der Waals surface area contributed by atoms with E-state index in [1.54, 1.807) is 11.8 Å². The van der Waals surface area contributed by atoms with E-state index in [2.05, 4.69) is 5.32 Å². The zero-order chi connectivity index (χ0) is 26.9. The second kappa shape index (κ2) is 13.4. The van der Waals surface area contributed by atoms with Crippen LogP contribution in [0.3, 0.4) is 0 Å². The van der Waals surface area contributed by atoms with Gasteiger partial charge >= 0.3 is 0 Å². The zero-order valence-electron chi connectivity index (χ0n) is 22.5. The lowest BCUT2D eigenvalue weighted by Crippen LogP contribution is -2.50. The maximum Gasteiger partial charge on any atom is 0.242 e. The molecule has 0 saturated carbocycles. The van der Waals surface area contributed by atoms with Gasteiger partial charge in [0.25, 0.3) is 0 Å². The summed E-state index contributed by atoms with van der Waals surface area (Å²) in [4.78, 5) is 27.8. The second-order valence-electron chi connectivity index (χ2n) is 9.60. The van der Waals surface area contributed by atoms with Gasteiger partial charge in [-0.2, -0.15) is 0 Å². The first-order chi connectivity index (χ1) is 16.9. The van der Waals surface area contributed by atoms with E-state index in [0.29, 0.717) is 25.1 Å². The molecule has 0 aliphatic rings. The fraction of sp³-hybridized carbons (Fsp3) is 0.500. The van der Waals surface area contributed by atoms with Crippen molar-refractivity contribution in [3.8, 4) is 0 Å². The van der Waals surface area contributed by atoms with Crippen LogP contribution in [0.5, 0.6) is 0 Å². The first-order valence-electron chi connectivity index (χ1n) is 12.6. The van der Waals surface area contributed by atoms with Crippen LogP contribution in [-0.4, -0.2) is 56.6 Å². The lowest BCUT2D eigenvalue weighted by molar-refractivity contribution is -0.140. The van der Waals surface area contributed by atoms with E-state index in [0.717, 1.165) is 23.1 Å².